The van der Waals surface area contributed by atoms with Gasteiger partial charge in [-0.25, -0.2) is 19.0 Å². The molecule has 1 heterocycles. The Labute approximate surface area is 187 Å². The first kappa shape index (κ1) is 21.3. The number of carbonyl (C=O) groups is 2. The molecule has 6 nitrogen and oxygen atoms in total. The van der Waals surface area contributed by atoms with Crippen molar-refractivity contribution in [1.82, 2.24) is 0 Å². The van der Waals surface area contributed by atoms with Crippen LogP contribution in [0.4, 0.5) is 4.39 Å². The van der Waals surface area contributed by atoms with Gasteiger partial charge in [-0.15, -0.1) is 0 Å². The van der Waals surface area contributed by atoms with Crippen molar-refractivity contribution in [3.63, 3.8) is 0 Å². The molecule has 1 aliphatic rings. The molecule has 3 aromatic rings. The number of carbonyl (C=O) groups excluding carboxylic acids is 2. The van der Waals surface area contributed by atoms with Gasteiger partial charge in [0.2, 0.25) is 5.90 Å². The van der Waals surface area contributed by atoms with Gasteiger partial charge in [0.15, 0.2) is 17.2 Å². The predicted octanol–water partition coefficient (Wildman–Crippen LogP) is 5.05. The number of ether oxygens (including phenoxy) is 3. The maximum absolute atomic E-state index is 13.4. The Hall–Kier alpha value is -3.97. The summed E-state index contributed by atoms with van der Waals surface area (Å²) in [5.41, 5.74) is 1.15. The third-order valence-electron chi connectivity index (χ3n) is 4.48. The molecule has 0 fully saturated rings. The van der Waals surface area contributed by atoms with E-state index in [-0.39, 0.29) is 33.7 Å². The third kappa shape index (κ3) is 4.53. The molecule has 8 heteroatoms. The molecule has 0 bridgehead atoms. The number of hydrogen-bond donors (Lipinski definition) is 0. The van der Waals surface area contributed by atoms with E-state index < -0.39 is 17.8 Å². The van der Waals surface area contributed by atoms with Crippen LogP contribution in [0.3, 0.4) is 0 Å². The fourth-order valence-electron chi connectivity index (χ4n) is 2.95. The predicted molar refractivity (Wildman–Crippen MR) is 116 cm³/mol. The van der Waals surface area contributed by atoms with Gasteiger partial charge in [-0.1, -0.05) is 35.9 Å². The van der Waals surface area contributed by atoms with Gasteiger partial charge in [0.25, 0.3) is 0 Å². The number of halogens is 2. The number of benzene rings is 3. The van der Waals surface area contributed by atoms with Crippen molar-refractivity contribution in [2.75, 3.05) is 7.11 Å². The normalized spacial score (nSPS) is 14.2. The van der Waals surface area contributed by atoms with Crippen molar-refractivity contribution in [2.24, 2.45) is 4.99 Å². The smallest absolute Gasteiger partial charge is 0.363 e. The summed E-state index contributed by atoms with van der Waals surface area (Å²) >= 11 is 6.04. The fraction of sp³-hybridized carbons (Fsp3) is 0.0417. The molecule has 0 saturated carbocycles. The molecular weight excluding hydrogens is 437 g/mol. The van der Waals surface area contributed by atoms with Gasteiger partial charge >= 0.3 is 11.9 Å². The molecule has 0 N–H and O–H groups in total. The highest BCUT2D eigenvalue weighted by atomic mass is 35.5. The lowest BCUT2D eigenvalue weighted by Crippen LogP contribution is -2.09. The largest absolute Gasteiger partial charge is 0.493 e. The monoisotopic (exact) mass is 451 g/mol. The van der Waals surface area contributed by atoms with Gasteiger partial charge in [-0.3, -0.25) is 0 Å². The molecule has 0 aromatic heterocycles. The zero-order valence-electron chi connectivity index (χ0n) is 16.7. The number of aliphatic imine (C=N–C) groups is 1. The summed E-state index contributed by atoms with van der Waals surface area (Å²) in [6.07, 6.45) is 1.48. The van der Waals surface area contributed by atoms with Crippen LogP contribution in [0.5, 0.6) is 11.5 Å². The first-order valence-corrected chi connectivity index (χ1v) is 9.75. The van der Waals surface area contributed by atoms with E-state index in [0.717, 1.165) is 0 Å². The lowest BCUT2D eigenvalue weighted by molar-refractivity contribution is -0.129. The van der Waals surface area contributed by atoms with E-state index in [1.54, 1.807) is 42.5 Å². The zero-order valence-corrected chi connectivity index (χ0v) is 17.4. The molecule has 0 atom stereocenters. The molecule has 0 unspecified atom stereocenters. The number of methoxy groups -OCH3 is 1. The van der Waals surface area contributed by atoms with Crippen molar-refractivity contribution >= 4 is 35.5 Å². The van der Waals surface area contributed by atoms with Gasteiger partial charge in [0, 0.05) is 5.56 Å². The fourth-order valence-corrected chi connectivity index (χ4v) is 3.16. The van der Waals surface area contributed by atoms with Gasteiger partial charge < -0.3 is 14.2 Å². The zero-order chi connectivity index (χ0) is 22.7. The maximum Gasteiger partial charge on any atom is 0.363 e. The molecule has 0 radical (unpaired) electrons. The molecule has 3 aromatic carbocycles. The van der Waals surface area contributed by atoms with Crippen molar-refractivity contribution in [2.45, 2.75) is 0 Å². The SMILES string of the molecule is COc1cc(C=C2N=C(c3cccc(F)c3)OC2=O)ccc1OC(=O)c1ccccc1Cl. The molecule has 0 aliphatic carbocycles. The highest BCUT2D eigenvalue weighted by Crippen LogP contribution is 2.31. The number of esters is 2. The lowest BCUT2D eigenvalue weighted by atomic mass is 10.1. The van der Waals surface area contributed by atoms with E-state index in [1.807, 2.05) is 0 Å². The minimum Gasteiger partial charge on any atom is -0.493 e. The molecule has 32 heavy (non-hydrogen) atoms. The second-order valence-electron chi connectivity index (χ2n) is 6.63. The minimum absolute atomic E-state index is 0.0120. The van der Waals surface area contributed by atoms with Crippen LogP contribution < -0.4 is 9.47 Å². The molecular formula is C24H15ClFNO5. The Morgan fingerprint density at radius 2 is 1.88 bits per heavy atom. The second-order valence-corrected chi connectivity index (χ2v) is 7.03. The van der Waals surface area contributed by atoms with E-state index in [2.05, 4.69) is 4.99 Å². The van der Waals surface area contributed by atoms with Crippen molar-refractivity contribution in [3.8, 4) is 11.5 Å². The Bertz CT molecular complexity index is 1280. The van der Waals surface area contributed by atoms with Gasteiger partial charge in [0.05, 0.1) is 17.7 Å². The van der Waals surface area contributed by atoms with Gasteiger partial charge in [-0.05, 0) is 54.1 Å². The maximum atomic E-state index is 13.4. The van der Waals surface area contributed by atoms with E-state index >= 15 is 0 Å². The van der Waals surface area contributed by atoms with Crippen LogP contribution in [0.1, 0.15) is 21.5 Å². The van der Waals surface area contributed by atoms with Crippen molar-refractivity contribution in [3.05, 3.63) is 100.0 Å². The van der Waals surface area contributed by atoms with E-state index in [9.17, 15) is 14.0 Å². The average Bonchev–Trinajstić information content (AvgIpc) is 3.15. The van der Waals surface area contributed by atoms with E-state index in [1.165, 1.54) is 37.5 Å². The summed E-state index contributed by atoms with van der Waals surface area (Å²) in [6, 6.07) is 16.8. The Kier molecular flexibility index (Phi) is 6.00. The Balaban J connectivity index is 1.59. The molecule has 0 amide bonds. The second kappa shape index (κ2) is 9.03. The summed E-state index contributed by atoms with van der Waals surface area (Å²) in [5.74, 6) is -1.32. The number of rotatable bonds is 5. The van der Waals surface area contributed by atoms with Crippen LogP contribution in [0.15, 0.2) is 77.4 Å². The summed E-state index contributed by atoms with van der Waals surface area (Å²) in [6.45, 7) is 0. The van der Waals surface area contributed by atoms with Crippen LogP contribution in [0.25, 0.3) is 6.08 Å². The van der Waals surface area contributed by atoms with Crippen LogP contribution >= 0.6 is 11.6 Å². The minimum atomic E-state index is -0.669. The Morgan fingerprint density at radius 1 is 1.06 bits per heavy atom. The molecule has 0 spiro atoms. The third-order valence-corrected chi connectivity index (χ3v) is 4.81. The van der Waals surface area contributed by atoms with Gasteiger partial charge in [-0.2, -0.15) is 0 Å². The van der Waals surface area contributed by atoms with Crippen LogP contribution in [-0.2, 0) is 9.53 Å². The van der Waals surface area contributed by atoms with E-state index in [4.69, 9.17) is 25.8 Å². The number of cyclic esters (lactones) is 1. The molecule has 1 aliphatic heterocycles. The topological polar surface area (TPSA) is 74.2 Å². The van der Waals surface area contributed by atoms with Crippen LogP contribution in [0.2, 0.25) is 5.02 Å². The van der Waals surface area contributed by atoms with Crippen molar-refractivity contribution < 1.29 is 28.2 Å². The van der Waals surface area contributed by atoms with Crippen LogP contribution in [-0.4, -0.2) is 24.9 Å². The summed E-state index contributed by atoms with van der Waals surface area (Å²) in [7, 11) is 1.42. The van der Waals surface area contributed by atoms with Crippen LogP contribution in [0, 0.1) is 5.82 Å². The molecule has 4 rings (SSSR count). The van der Waals surface area contributed by atoms with Gasteiger partial charge in [0.1, 0.15) is 5.82 Å². The molecule has 160 valence electrons. The van der Waals surface area contributed by atoms with Crippen molar-refractivity contribution in [1.29, 1.82) is 0 Å². The number of hydrogen-bond acceptors (Lipinski definition) is 6. The highest BCUT2D eigenvalue weighted by Gasteiger charge is 2.24. The first-order valence-electron chi connectivity index (χ1n) is 9.38. The first-order chi connectivity index (χ1) is 15.4. The van der Waals surface area contributed by atoms with E-state index in [0.29, 0.717) is 11.1 Å². The quantitative estimate of drug-likeness (QED) is 0.308. The number of nitrogens with zero attached hydrogens (tertiary/aromatic N) is 1. The standard InChI is InChI=1S/C24H15ClFNO5/c1-30-21-12-14(9-10-20(21)31-23(28)17-7-2-3-8-18(17)25)11-19-24(29)32-22(27-19)15-5-4-6-16(26)13-15/h2-13H,1H3. The lowest BCUT2D eigenvalue weighted by Gasteiger charge is -2.10. The molecule has 0 saturated heterocycles. The summed E-state index contributed by atoms with van der Waals surface area (Å²) in [4.78, 5) is 28.8. The highest BCUT2D eigenvalue weighted by molar-refractivity contribution is 6.33. The average molecular weight is 452 g/mol. The summed E-state index contributed by atoms with van der Waals surface area (Å²) < 4.78 is 29.3. The Morgan fingerprint density at radius 3 is 2.62 bits per heavy atom. The summed E-state index contributed by atoms with van der Waals surface area (Å²) in [5, 5.41) is 0.268.